The number of hydrogen-bond donors (Lipinski definition) is 4. The summed E-state index contributed by atoms with van der Waals surface area (Å²) in [4.78, 5) is 25.7. The summed E-state index contributed by atoms with van der Waals surface area (Å²) in [7, 11) is 1.55. The predicted octanol–water partition coefficient (Wildman–Crippen LogP) is 4.12. The van der Waals surface area contributed by atoms with E-state index in [4.69, 9.17) is 4.74 Å². The van der Waals surface area contributed by atoms with Crippen molar-refractivity contribution in [3.8, 4) is 17.0 Å². The molecule has 0 bridgehead atoms. The number of nitrogens with zero attached hydrogens (tertiary/aromatic N) is 1. The van der Waals surface area contributed by atoms with Gasteiger partial charge < -0.3 is 20.7 Å². The third-order valence-electron chi connectivity index (χ3n) is 6.08. The molecule has 0 unspecified atom stereocenters. The van der Waals surface area contributed by atoms with Crippen molar-refractivity contribution in [2.75, 3.05) is 19.0 Å². The van der Waals surface area contributed by atoms with Crippen molar-refractivity contribution in [3.63, 3.8) is 0 Å². The van der Waals surface area contributed by atoms with Crippen LogP contribution in [-0.2, 0) is 6.54 Å². The molecule has 0 spiro atoms. The average Bonchev–Trinajstić information content (AvgIpc) is 3.53. The van der Waals surface area contributed by atoms with E-state index < -0.39 is 0 Å². The molecule has 4 rings (SSSR count). The van der Waals surface area contributed by atoms with E-state index >= 15 is 0 Å². The molecule has 2 amide bonds. The summed E-state index contributed by atoms with van der Waals surface area (Å²) in [6.45, 7) is 3.01. The molecule has 0 radical (unpaired) electrons. The molecule has 8 heteroatoms. The summed E-state index contributed by atoms with van der Waals surface area (Å²) in [6, 6.07) is 15.1. The van der Waals surface area contributed by atoms with Gasteiger partial charge in [0.05, 0.1) is 18.4 Å². The summed E-state index contributed by atoms with van der Waals surface area (Å²) in [5.74, 6) is 0.784. The zero-order valence-corrected chi connectivity index (χ0v) is 19.6. The highest BCUT2D eigenvalue weighted by atomic mass is 16.5. The number of para-hydroxylation sites is 1. The number of carbonyl (C=O) groups excluding carboxylic acids is 2. The maximum absolute atomic E-state index is 13.1. The number of ether oxygens (including phenoxy) is 1. The van der Waals surface area contributed by atoms with Gasteiger partial charge in [-0.2, -0.15) is 5.10 Å². The third-order valence-corrected chi connectivity index (χ3v) is 6.08. The van der Waals surface area contributed by atoms with Crippen LogP contribution in [0, 0.1) is 0 Å². The lowest BCUT2D eigenvalue weighted by Crippen LogP contribution is -2.33. The van der Waals surface area contributed by atoms with Gasteiger partial charge in [-0.25, -0.2) is 0 Å². The first-order valence-electron chi connectivity index (χ1n) is 11.7. The van der Waals surface area contributed by atoms with E-state index in [9.17, 15) is 9.59 Å². The van der Waals surface area contributed by atoms with E-state index in [2.05, 4.69) is 26.1 Å². The molecule has 1 saturated carbocycles. The van der Waals surface area contributed by atoms with Crippen molar-refractivity contribution in [3.05, 3.63) is 65.2 Å². The maximum Gasteiger partial charge on any atom is 0.257 e. The molecule has 34 heavy (non-hydrogen) atoms. The van der Waals surface area contributed by atoms with Gasteiger partial charge in [0.2, 0.25) is 0 Å². The molecule has 1 aromatic heterocycles. The molecule has 1 aliphatic carbocycles. The molecular weight excluding hydrogens is 430 g/mol. The highest BCUT2D eigenvalue weighted by Gasteiger charge is 2.25. The van der Waals surface area contributed by atoms with Gasteiger partial charge in [0.15, 0.2) is 5.82 Å². The van der Waals surface area contributed by atoms with E-state index in [-0.39, 0.29) is 17.9 Å². The van der Waals surface area contributed by atoms with Crippen molar-refractivity contribution >= 4 is 17.6 Å². The first-order chi connectivity index (χ1) is 16.6. The highest BCUT2D eigenvalue weighted by Crippen LogP contribution is 2.28. The minimum atomic E-state index is -0.198. The molecule has 0 atom stereocenters. The average molecular weight is 462 g/mol. The summed E-state index contributed by atoms with van der Waals surface area (Å²) in [6.07, 6.45) is 4.34. The molecular formula is C26H31N5O3. The summed E-state index contributed by atoms with van der Waals surface area (Å²) in [5, 5.41) is 16.6. The first kappa shape index (κ1) is 23.4. The molecule has 2 aromatic carbocycles. The largest absolute Gasteiger partial charge is 0.496 e. The van der Waals surface area contributed by atoms with Crippen LogP contribution >= 0.6 is 0 Å². The SMILES string of the molecule is CCNc1n[nH]c(-c2ccc(CNC(=O)c3ccccc3OC)cc2)c1C(=O)NC1CCCC1. The molecule has 3 aromatic rings. The Morgan fingerprint density at radius 3 is 2.50 bits per heavy atom. The van der Waals surface area contributed by atoms with E-state index in [0.717, 1.165) is 36.8 Å². The maximum atomic E-state index is 13.1. The van der Waals surface area contributed by atoms with Crippen LogP contribution in [0.3, 0.4) is 0 Å². The number of rotatable bonds is 9. The van der Waals surface area contributed by atoms with Crippen LogP contribution in [-0.4, -0.2) is 41.7 Å². The summed E-state index contributed by atoms with van der Waals surface area (Å²) in [5.41, 5.74) is 3.50. The zero-order valence-electron chi connectivity index (χ0n) is 19.6. The molecule has 1 aliphatic rings. The van der Waals surface area contributed by atoms with Gasteiger partial charge in [-0.05, 0) is 37.5 Å². The second-order valence-corrected chi connectivity index (χ2v) is 8.39. The Hall–Kier alpha value is -3.81. The van der Waals surface area contributed by atoms with Crippen molar-refractivity contribution in [2.45, 2.75) is 45.2 Å². The number of carbonyl (C=O) groups is 2. The number of benzene rings is 2. The zero-order chi connectivity index (χ0) is 23.9. The lowest BCUT2D eigenvalue weighted by Gasteiger charge is -2.13. The van der Waals surface area contributed by atoms with Crippen LogP contribution in [0.4, 0.5) is 5.82 Å². The fourth-order valence-electron chi connectivity index (χ4n) is 4.29. The van der Waals surface area contributed by atoms with Crippen LogP contribution in [0.2, 0.25) is 0 Å². The second kappa shape index (κ2) is 10.9. The van der Waals surface area contributed by atoms with E-state index in [1.54, 1.807) is 25.3 Å². The van der Waals surface area contributed by atoms with Gasteiger partial charge in [-0.3, -0.25) is 14.7 Å². The lowest BCUT2D eigenvalue weighted by atomic mass is 10.0. The van der Waals surface area contributed by atoms with Crippen LogP contribution in [0.15, 0.2) is 48.5 Å². The van der Waals surface area contributed by atoms with Gasteiger partial charge in [-0.15, -0.1) is 0 Å². The number of methoxy groups -OCH3 is 1. The highest BCUT2D eigenvalue weighted by molar-refractivity contribution is 6.04. The van der Waals surface area contributed by atoms with Gasteiger partial charge >= 0.3 is 0 Å². The Morgan fingerprint density at radius 2 is 1.79 bits per heavy atom. The fraction of sp³-hybridized carbons (Fsp3) is 0.346. The number of nitrogens with one attached hydrogen (secondary N) is 4. The molecule has 8 nitrogen and oxygen atoms in total. The summed E-state index contributed by atoms with van der Waals surface area (Å²) < 4.78 is 5.27. The standard InChI is InChI=1S/C26H31N5O3/c1-3-27-24-22(26(33)29-19-8-4-5-9-19)23(30-31-24)18-14-12-17(13-15-18)16-28-25(32)20-10-6-7-11-21(20)34-2/h6-7,10-15,19H,3-5,8-9,16H2,1-2H3,(H,28,32)(H,29,33)(H2,27,30,31). The molecule has 4 N–H and O–H groups in total. The predicted molar refractivity (Wildman–Crippen MR) is 132 cm³/mol. The fourth-order valence-corrected chi connectivity index (χ4v) is 4.29. The van der Waals surface area contributed by atoms with Crippen molar-refractivity contribution in [1.29, 1.82) is 0 Å². The van der Waals surface area contributed by atoms with Crippen LogP contribution in [0.5, 0.6) is 5.75 Å². The minimum Gasteiger partial charge on any atom is -0.496 e. The molecule has 0 aliphatic heterocycles. The Balaban J connectivity index is 1.48. The Morgan fingerprint density at radius 1 is 1.06 bits per heavy atom. The number of aromatic amines is 1. The Bertz CT molecular complexity index is 1130. The first-order valence-corrected chi connectivity index (χ1v) is 11.7. The van der Waals surface area contributed by atoms with Gasteiger partial charge in [0.25, 0.3) is 11.8 Å². The number of aromatic nitrogens is 2. The van der Waals surface area contributed by atoms with Gasteiger partial charge in [0.1, 0.15) is 11.3 Å². The Kier molecular flexibility index (Phi) is 7.47. The second-order valence-electron chi connectivity index (χ2n) is 8.39. The monoisotopic (exact) mass is 461 g/mol. The number of anilines is 1. The van der Waals surface area contributed by atoms with E-state index in [0.29, 0.717) is 41.5 Å². The van der Waals surface area contributed by atoms with Crippen molar-refractivity contribution in [1.82, 2.24) is 20.8 Å². The minimum absolute atomic E-state index is 0.111. The number of hydrogen-bond acceptors (Lipinski definition) is 5. The lowest BCUT2D eigenvalue weighted by molar-refractivity contribution is 0.0934. The topological polar surface area (TPSA) is 108 Å². The van der Waals surface area contributed by atoms with Crippen molar-refractivity contribution < 1.29 is 14.3 Å². The number of H-pyrrole nitrogens is 1. The van der Waals surface area contributed by atoms with E-state index in [1.165, 1.54) is 0 Å². The summed E-state index contributed by atoms with van der Waals surface area (Å²) >= 11 is 0. The van der Waals surface area contributed by atoms with Gasteiger partial charge in [-0.1, -0.05) is 49.2 Å². The van der Waals surface area contributed by atoms with Crippen molar-refractivity contribution in [2.24, 2.45) is 0 Å². The van der Waals surface area contributed by atoms with Crippen LogP contribution in [0.1, 0.15) is 58.9 Å². The van der Waals surface area contributed by atoms with Crippen LogP contribution < -0.4 is 20.7 Å². The molecule has 178 valence electrons. The molecule has 1 fully saturated rings. The molecule has 1 heterocycles. The van der Waals surface area contributed by atoms with Crippen LogP contribution in [0.25, 0.3) is 11.3 Å². The third kappa shape index (κ3) is 5.22. The smallest absolute Gasteiger partial charge is 0.257 e. The Labute approximate surface area is 199 Å². The number of amides is 2. The normalized spacial score (nSPS) is 13.5. The van der Waals surface area contributed by atoms with Gasteiger partial charge in [0, 0.05) is 24.7 Å². The quantitative estimate of drug-likeness (QED) is 0.383. The van der Waals surface area contributed by atoms with E-state index in [1.807, 2.05) is 37.3 Å². The molecule has 0 saturated heterocycles.